The zero-order valence-electron chi connectivity index (χ0n) is 18.6. The Morgan fingerprint density at radius 2 is 1.83 bits per heavy atom. The highest BCUT2D eigenvalue weighted by Gasteiger charge is 2.43. The maximum absolute atomic E-state index is 13.9. The van der Waals surface area contributed by atoms with Crippen molar-refractivity contribution in [1.29, 1.82) is 0 Å². The van der Waals surface area contributed by atoms with Crippen molar-refractivity contribution in [3.8, 4) is 0 Å². The first-order valence-electron chi connectivity index (χ1n) is 10.9. The molecule has 1 amide bonds. The van der Waals surface area contributed by atoms with Crippen molar-refractivity contribution < 1.29 is 27.9 Å². The second-order valence-corrected chi connectivity index (χ2v) is 8.66. The Labute approximate surface area is 204 Å². The highest BCUT2D eigenvalue weighted by molar-refractivity contribution is 6.31. The number of halogens is 4. The number of alkyl halides is 3. The van der Waals surface area contributed by atoms with Gasteiger partial charge in [-0.1, -0.05) is 41.9 Å². The molecule has 3 aromatic rings. The number of nitrogens with zero attached hydrogens (tertiary/aromatic N) is 3. The number of carboxylic acids is 1. The van der Waals surface area contributed by atoms with E-state index in [1.54, 1.807) is 36.1 Å². The van der Waals surface area contributed by atoms with Crippen LogP contribution in [0.15, 0.2) is 48.5 Å². The third kappa shape index (κ3) is 5.12. The molecule has 2 heterocycles. The molecule has 0 fully saturated rings. The Balaban J connectivity index is 1.69. The molecule has 0 aliphatic carbocycles. The minimum absolute atomic E-state index is 0.0625. The summed E-state index contributed by atoms with van der Waals surface area (Å²) in [4.78, 5) is 26.0. The maximum Gasteiger partial charge on any atom is 0.436 e. The van der Waals surface area contributed by atoms with E-state index in [2.05, 4.69) is 10.4 Å². The Hall–Kier alpha value is -3.53. The number of amides is 1. The van der Waals surface area contributed by atoms with Crippen LogP contribution in [-0.2, 0) is 19.3 Å². The number of hydrogen-bond donors (Lipinski definition) is 2. The predicted octanol–water partition coefficient (Wildman–Crippen LogP) is 5.15. The second kappa shape index (κ2) is 9.61. The molecular weight excluding hydrogens is 485 g/mol. The zero-order valence-corrected chi connectivity index (χ0v) is 19.4. The van der Waals surface area contributed by atoms with Gasteiger partial charge in [0.15, 0.2) is 5.69 Å². The topological polar surface area (TPSA) is 87.5 Å². The Kier molecular flexibility index (Phi) is 6.75. The minimum Gasteiger partial charge on any atom is -0.478 e. The van der Waals surface area contributed by atoms with Crippen LogP contribution in [0.2, 0.25) is 5.02 Å². The van der Waals surface area contributed by atoms with Gasteiger partial charge < -0.3 is 15.3 Å². The van der Waals surface area contributed by atoms with Gasteiger partial charge in [0.05, 0.1) is 11.6 Å². The fourth-order valence-electron chi connectivity index (χ4n) is 4.11. The van der Waals surface area contributed by atoms with Crippen molar-refractivity contribution in [3.05, 3.63) is 81.5 Å². The largest absolute Gasteiger partial charge is 0.478 e. The number of aromatic nitrogens is 2. The molecule has 2 aromatic carbocycles. The van der Waals surface area contributed by atoms with Crippen LogP contribution in [0.3, 0.4) is 0 Å². The fraction of sp³-hybridized carbons (Fsp3) is 0.292. The van der Waals surface area contributed by atoms with Crippen LogP contribution in [0.1, 0.15) is 56.9 Å². The number of carbonyl (C=O) groups is 2. The second-order valence-electron chi connectivity index (χ2n) is 8.26. The number of fused-ring (bicyclic) bond motifs is 1. The van der Waals surface area contributed by atoms with Crippen LogP contribution < -0.4 is 10.2 Å². The minimum atomic E-state index is -4.83. The molecule has 2 N–H and O–H groups in total. The first-order valence-corrected chi connectivity index (χ1v) is 11.2. The van der Waals surface area contributed by atoms with Gasteiger partial charge in [-0.05, 0) is 42.7 Å². The third-order valence-electron chi connectivity index (χ3n) is 5.84. The lowest BCUT2D eigenvalue weighted by molar-refractivity contribution is -0.141. The van der Waals surface area contributed by atoms with Gasteiger partial charge in [0, 0.05) is 24.7 Å². The molecule has 11 heteroatoms. The molecule has 1 aliphatic rings. The Bertz CT molecular complexity index is 1260. The number of carboxylic acid groups (broad SMARTS) is 1. The summed E-state index contributed by atoms with van der Waals surface area (Å²) in [6.07, 6.45) is -4.27. The molecule has 1 aromatic heterocycles. The molecule has 7 nitrogen and oxygen atoms in total. The molecule has 0 saturated carbocycles. The lowest BCUT2D eigenvalue weighted by Crippen LogP contribution is -2.35. The maximum atomic E-state index is 13.9. The average molecular weight is 507 g/mol. The van der Waals surface area contributed by atoms with E-state index >= 15 is 0 Å². The van der Waals surface area contributed by atoms with Gasteiger partial charge >= 0.3 is 12.1 Å². The summed E-state index contributed by atoms with van der Waals surface area (Å²) >= 11 is 6.27. The van der Waals surface area contributed by atoms with Crippen LogP contribution in [0.5, 0.6) is 0 Å². The number of aromatic carboxylic acids is 1. The number of carbonyl (C=O) groups excluding carboxylic acids is 1. The molecule has 184 valence electrons. The fourth-order valence-corrected chi connectivity index (χ4v) is 4.30. The standard InChI is InChI=1S/C24H22ClF3N4O3/c1-14(15-7-9-16(10-8-15)23(34)35)29-21(33)19-20(24(26,27)28)30-32-12-4-11-31(22(19)32)13-17-5-2-3-6-18(17)25/h2-3,5-10,14H,4,11-13H2,1H3,(H,29,33)(H,34,35). The van der Waals surface area contributed by atoms with Gasteiger partial charge in [-0.25, -0.2) is 9.48 Å². The van der Waals surface area contributed by atoms with E-state index in [1.807, 2.05) is 0 Å². The van der Waals surface area contributed by atoms with Crippen molar-refractivity contribution in [1.82, 2.24) is 15.1 Å². The highest BCUT2D eigenvalue weighted by Crippen LogP contribution is 2.38. The van der Waals surface area contributed by atoms with Crippen molar-refractivity contribution in [2.75, 3.05) is 11.4 Å². The first-order chi connectivity index (χ1) is 16.6. The lowest BCUT2D eigenvalue weighted by Gasteiger charge is -2.31. The van der Waals surface area contributed by atoms with E-state index < -0.39 is 35.4 Å². The number of nitrogens with one attached hydrogen (secondary N) is 1. The number of anilines is 1. The average Bonchev–Trinajstić information content (AvgIpc) is 3.22. The van der Waals surface area contributed by atoms with Crippen molar-refractivity contribution in [2.24, 2.45) is 0 Å². The number of hydrogen-bond acceptors (Lipinski definition) is 4. The van der Waals surface area contributed by atoms with Crippen LogP contribution >= 0.6 is 11.6 Å². The monoisotopic (exact) mass is 506 g/mol. The van der Waals surface area contributed by atoms with Crippen molar-refractivity contribution in [2.45, 2.75) is 38.7 Å². The predicted molar refractivity (Wildman–Crippen MR) is 124 cm³/mol. The summed E-state index contributed by atoms with van der Waals surface area (Å²) in [6, 6.07) is 12.1. The highest BCUT2D eigenvalue weighted by atomic mass is 35.5. The van der Waals surface area contributed by atoms with E-state index in [0.29, 0.717) is 23.6 Å². The third-order valence-corrected chi connectivity index (χ3v) is 6.21. The van der Waals surface area contributed by atoms with Gasteiger partial charge in [-0.3, -0.25) is 4.79 Å². The van der Waals surface area contributed by atoms with E-state index in [9.17, 15) is 22.8 Å². The molecule has 35 heavy (non-hydrogen) atoms. The van der Waals surface area contributed by atoms with E-state index in [4.69, 9.17) is 16.7 Å². The summed E-state index contributed by atoms with van der Waals surface area (Å²) < 4.78 is 43.1. The van der Waals surface area contributed by atoms with E-state index in [-0.39, 0.29) is 24.5 Å². The van der Waals surface area contributed by atoms with E-state index in [0.717, 1.165) is 5.56 Å². The quantitative estimate of drug-likeness (QED) is 0.482. The molecule has 0 saturated heterocycles. The molecule has 4 rings (SSSR count). The molecule has 1 aliphatic heterocycles. The molecule has 1 atom stereocenters. The van der Waals surface area contributed by atoms with Crippen molar-refractivity contribution in [3.63, 3.8) is 0 Å². The molecule has 0 radical (unpaired) electrons. The summed E-state index contributed by atoms with van der Waals surface area (Å²) in [5.41, 5.74) is -0.461. The molecule has 1 unspecified atom stereocenters. The van der Waals surface area contributed by atoms with Crippen LogP contribution in [0.4, 0.5) is 19.0 Å². The van der Waals surface area contributed by atoms with Crippen LogP contribution in [-0.4, -0.2) is 33.3 Å². The summed E-state index contributed by atoms with van der Waals surface area (Å²) in [6.45, 7) is 2.51. The Morgan fingerprint density at radius 3 is 2.46 bits per heavy atom. The molecular formula is C24H22ClF3N4O3. The SMILES string of the molecule is CC(NC(=O)c1c(C(F)(F)F)nn2c1N(Cc1ccccc1Cl)CCC2)c1ccc(C(=O)O)cc1. The molecule has 0 bridgehead atoms. The lowest BCUT2D eigenvalue weighted by atomic mass is 10.0. The summed E-state index contributed by atoms with van der Waals surface area (Å²) in [7, 11) is 0. The molecule has 0 spiro atoms. The van der Waals surface area contributed by atoms with E-state index in [1.165, 1.54) is 28.9 Å². The number of aryl methyl sites for hydroxylation is 1. The first kappa shape index (κ1) is 24.6. The van der Waals surface area contributed by atoms with Gasteiger partial charge in [0.25, 0.3) is 5.91 Å². The van der Waals surface area contributed by atoms with Gasteiger partial charge in [0.2, 0.25) is 0 Å². The number of benzene rings is 2. The van der Waals surface area contributed by atoms with Gasteiger partial charge in [-0.15, -0.1) is 0 Å². The number of rotatable bonds is 6. The normalized spacial score (nSPS) is 14.4. The van der Waals surface area contributed by atoms with Crippen molar-refractivity contribution >= 4 is 29.3 Å². The Morgan fingerprint density at radius 1 is 1.14 bits per heavy atom. The summed E-state index contributed by atoms with van der Waals surface area (Å²) in [5.74, 6) is -1.93. The zero-order chi connectivity index (χ0) is 25.3. The summed E-state index contributed by atoms with van der Waals surface area (Å²) in [5, 5.41) is 15.9. The van der Waals surface area contributed by atoms with Crippen LogP contribution in [0.25, 0.3) is 0 Å². The van der Waals surface area contributed by atoms with Gasteiger partial charge in [0.1, 0.15) is 11.4 Å². The smallest absolute Gasteiger partial charge is 0.436 e. The van der Waals surface area contributed by atoms with Gasteiger partial charge in [-0.2, -0.15) is 18.3 Å². The van der Waals surface area contributed by atoms with Crippen LogP contribution in [0, 0.1) is 0 Å².